The van der Waals surface area contributed by atoms with Crippen molar-refractivity contribution in [2.45, 2.75) is 26.2 Å². The van der Waals surface area contributed by atoms with Crippen molar-refractivity contribution in [1.82, 2.24) is 10.2 Å². The molecule has 1 aliphatic rings. The van der Waals surface area contributed by atoms with Gasteiger partial charge in [0.25, 0.3) is 5.91 Å². The highest BCUT2D eigenvalue weighted by atomic mass is 32.1. The van der Waals surface area contributed by atoms with Crippen molar-refractivity contribution in [2.24, 2.45) is 5.92 Å². The lowest BCUT2D eigenvalue weighted by Gasteiger charge is -2.32. The highest BCUT2D eigenvalue weighted by Gasteiger charge is 2.23. The predicted molar refractivity (Wildman–Crippen MR) is 106 cm³/mol. The molecule has 5 nitrogen and oxygen atoms in total. The van der Waals surface area contributed by atoms with E-state index in [1.165, 1.54) is 11.3 Å². The van der Waals surface area contributed by atoms with Crippen LogP contribution in [0.1, 0.15) is 34.5 Å². The van der Waals surface area contributed by atoms with Crippen molar-refractivity contribution < 1.29 is 9.59 Å². The lowest BCUT2D eigenvalue weighted by molar-refractivity contribution is 0.0953. The summed E-state index contributed by atoms with van der Waals surface area (Å²) in [5, 5.41) is 7.90. The Labute approximate surface area is 158 Å². The zero-order valence-electron chi connectivity index (χ0n) is 15.0. The maximum Gasteiger partial charge on any atom is 0.321 e. The molecule has 26 heavy (non-hydrogen) atoms. The molecule has 1 aromatic carbocycles. The number of nitrogens with one attached hydrogen (secondary N) is 2. The van der Waals surface area contributed by atoms with Crippen LogP contribution in [0.15, 0.2) is 41.8 Å². The molecule has 138 valence electrons. The first-order chi connectivity index (χ1) is 12.6. The highest BCUT2D eigenvalue weighted by Crippen LogP contribution is 2.21. The molecule has 2 heterocycles. The number of likely N-dealkylation sites (tertiary alicyclic amines) is 1. The van der Waals surface area contributed by atoms with Gasteiger partial charge in [-0.15, -0.1) is 11.3 Å². The van der Waals surface area contributed by atoms with Crippen molar-refractivity contribution in [3.05, 3.63) is 52.2 Å². The number of carbonyl (C=O) groups excluding carboxylic acids is 2. The minimum atomic E-state index is -0.0314. The van der Waals surface area contributed by atoms with Gasteiger partial charge in [0.1, 0.15) is 0 Å². The number of para-hydroxylation sites is 1. The Kier molecular flexibility index (Phi) is 6.28. The first kappa shape index (κ1) is 18.5. The summed E-state index contributed by atoms with van der Waals surface area (Å²) in [5.74, 6) is 0.581. The van der Waals surface area contributed by atoms with Gasteiger partial charge in [0.05, 0.1) is 4.88 Å². The Bertz CT molecular complexity index is 737. The maximum atomic E-state index is 12.3. The van der Waals surface area contributed by atoms with Crippen molar-refractivity contribution in [3.8, 4) is 0 Å². The summed E-state index contributed by atoms with van der Waals surface area (Å²) >= 11 is 1.48. The molecule has 1 aromatic heterocycles. The van der Waals surface area contributed by atoms with E-state index in [9.17, 15) is 9.59 Å². The Hall–Kier alpha value is -2.34. The van der Waals surface area contributed by atoms with Gasteiger partial charge in [0, 0.05) is 25.3 Å². The van der Waals surface area contributed by atoms with Crippen molar-refractivity contribution >= 4 is 29.0 Å². The number of aryl methyl sites for hydroxylation is 1. The number of urea groups is 1. The standard InChI is InChI=1S/C20H25N3O2S/c1-15-10-14-26-18(15)19(24)21-11-7-16-8-12-23(13-9-16)20(25)22-17-5-3-2-4-6-17/h2-6,10,14,16H,7-9,11-13H2,1H3,(H,21,24)(H,22,25). The molecular formula is C20H25N3O2S. The molecule has 1 saturated heterocycles. The smallest absolute Gasteiger partial charge is 0.321 e. The van der Waals surface area contributed by atoms with Crippen LogP contribution in [0.5, 0.6) is 0 Å². The first-order valence-corrected chi connectivity index (χ1v) is 9.94. The molecule has 0 bridgehead atoms. The van der Waals surface area contributed by atoms with Crippen LogP contribution in [-0.2, 0) is 0 Å². The summed E-state index contributed by atoms with van der Waals surface area (Å²) < 4.78 is 0. The molecule has 0 atom stereocenters. The largest absolute Gasteiger partial charge is 0.351 e. The number of anilines is 1. The minimum Gasteiger partial charge on any atom is -0.351 e. The predicted octanol–water partition coefficient (Wildman–Crippen LogP) is 4.12. The molecule has 0 saturated carbocycles. The molecule has 2 aromatic rings. The van der Waals surface area contributed by atoms with E-state index >= 15 is 0 Å². The SMILES string of the molecule is Cc1ccsc1C(=O)NCCC1CCN(C(=O)Nc2ccccc2)CC1. The average Bonchev–Trinajstić information content (AvgIpc) is 3.09. The Morgan fingerprint density at radius 1 is 1.15 bits per heavy atom. The fourth-order valence-electron chi connectivity index (χ4n) is 3.22. The summed E-state index contributed by atoms with van der Waals surface area (Å²) in [6.07, 6.45) is 2.93. The van der Waals surface area contributed by atoms with E-state index in [1.807, 2.05) is 53.6 Å². The number of piperidine rings is 1. The molecule has 6 heteroatoms. The molecule has 2 N–H and O–H groups in total. The van der Waals surface area contributed by atoms with E-state index in [1.54, 1.807) is 0 Å². The van der Waals surface area contributed by atoms with Gasteiger partial charge in [-0.3, -0.25) is 4.79 Å². The van der Waals surface area contributed by atoms with Crippen LogP contribution in [0.3, 0.4) is 0 Å². The summed E-state index contributed by atoms with van der Waals surface area (Å²) in [4.78, 5) is 27.1. The van der Waals surface area contributed by atoms with Crippen LogP contribution in [0.2, 0.25) is 0 Å². The fourth-order valence-corrected chi connectivity index (χ4v) is 4.07. The second-order valence-corrected chi connectivity index (χ2v) is 7.62. The fraction of sp³-hybridized carbons (Fsp3) is 0.400. The summed E-state index contributed by atoms with van der Waals surface area (Å²) in [7, 11) is 0. The van der Waals surface area contributed by atoms with Crippen molar-refractivity contribution in [3.63, 3.8) is 0 Å². The van der Waals surface area contributed by atoms with Gasteiger partial charge in [-0.25, -0.2) is 4.79 Å². The van der Waals surface area contributed by atoms with Crippen LogP contribution in [-0.4, -0.2) is 36.5 Å². The summed E-state index contributed by atoms with van der Waals surface area (Å²) in [5.41, 5.74) is 1.86. The van der Waals surface area contributed by atoms with Crippen LogP contribution < -0.4 is 10.6 Å². The number of amides is 3. The van der Waals surface area contributed by atoms with Crippen molar-refractivity contribution in [2.75, 3.05) is 25.0 Å². The number of nitrogens with zero attached hydrogens (tertiary/aromatic N) is 1. The molecule has 1 aliphatic heterocycles. The zero-order valence-corrected chi connectivity index (χ0v) is 15.8. The van der Waals surface area contributed by atoms with E-state index < -0.39 is 0 Å². The number of carbonyl (C=O) groups is 2. The summed E-state index contributed by atoms with van der Waals surface area (Å²) in [6.45, 7) is 4.18. The van der Waals surface area contributed by atoms with E-state index in [2.05, 4.69) is 10.6 Å². The van der Waals surface area contributed by atoms with Crippen LogP contribution in [0.25, 0.3) is 0 Å². The maximum absolute atomic E-state index is 12.3. The molecule has 3 amide bonds. The van der Waals surface area contributed by atoms with Gasteiger partial charge in [-0.2, -0.15) is 0 Å². The van der Waals surface area contributed by atoms with Gasteiger partial charge >= 0.3 is 6.03 Å². The Balaban J connectivity index is 1.36. The number of rotatable bonds is 5. The molecule has 0 unspecified atom stereocenters. The topological polar surface area (TPSA) is 61.4 Å². The quantitative estimate of drug-likeness (QED) is 0.830. The van der Waals surface area contributed by atoms with E-state index in [0.717, 1.165) is 48.5 Å². The highest BCUT2D eigenvalue weighted by molar-refractivity contribution is 7.12. The van der Waals surface area contributed by atoms with Gasteiger partial charge in [-0.1, -0.05) is 18.2 Å². The summed E-state index contributed by atoms with van der Waals surface area (Å²) in [6, 6.07) is 11.5. The minimum absolute atomic E-state index is 0.0252. The number of hydrogen-bond acceptors (Lipinski definition) is 3. The molecule has 3 rings (SSSR count). The molecule has 1 fully saturated rings. The van der Waals surface area contributed by atoms with Gasteiger partial charge < -0.3 is 15.5 Å². The van der Waals surface area contributed by atoms with Gasteiger partial charge in [0.2, 0.25) is 0 Å². The molecule has 0 radical (unpaired) electrons. The molecular weight excluding hydrogens is 346 g/mol. The average molecular weight is 372 g/mol. The van der Waals surface area contributed by atoms with E-state index in [0.29, 0.717) is 12.5 Å². The second kappa shape index (κ2) is 8.85. The first-order valence-electron chi connectivity index (χ1n) is 9.07. The zero-order chi connectivity index (χ0) is 18.4. The third kappa shape index (κ3) is 4.85. The van der Waals surface area contributed by atoms with Crippen LogP contribution >= 0.6 is 11.3 Å². The Morgan fingerprint density at radius 3 is 2.54 bits per heavy atom. The number of hydrogen-bond donors (Lipinski definition) is 2. The van der Waals surface area contributed by atoms with Crippen LogP contribution in [0, 0.1) is 12.8 Å². The van der Waals surface area contributed by atoms with E-state index in [4.69, 9.17) is 0 Å². The third-order valence-corrected chi connectivity index (χ3v) is 5.85. The van der Waals surface area contributed by atoms with Gasteiger partial charge in [-0.05, 0) is 61.2 Å². The Morgan fingerprint density at radius 2 is 1.88 bits per heavy atom. The molecule has 0 aliphatic carbocycles. The number of benzene rings is 1. The van der Waals surface area contributed by atoms with E-state index in [-0.39, 0.29) is 11.9 Å². The second-order valence-electron chi connectivity index (χ2n) is 6.70. The molecule has 0 spiro atoms. The monoisotopic (exact) mass is 371 g/mol. The lowest BCUT2D eigenvalue weighted by atomic mass is 9.93. The third-order valence-electron chi connectivity index (χ3n) is 4.83. The van der Waals surface area contributed by atoms with Crippen LogP contribution in [0.4, 0.5) is 10.5 Å². The van der Waals surface area contributed by atoms with Gasteiger partial charge in [0.15, 0.2) is 0 Å². The normalized spacial score (nSPS) is 14.9. The number of thiophene rings is 1. The van der Waals surface area contributed by atoms with Crippen molar-refractivity contribution in [1.29, 1.82) is 0 Å². The lowest BCUT2D eigenvalue weighted by Crippen LogP contribution is -2.41.